The Morgan fingerprint density at radius 3 is 0.774 bits per heavy atom. The lowest BCUT2D eigenvalue weighted by atomic mass is 10.4. The highest BCUT2D eigenvalue weighted by atomic mass is 19.4. The van der Waals surface area contributed by atoms with Crippen molar-refractivity contribution >= 4 is 0 Å². The second-order valence-electron chi connectivity index (χ2n) is 8.90. The van der Waals surface area contributed by atoms with E-state index in [1.54, 1.807) is 0 Å². The number of hydrogen-bond donors (Lipinski definition) is 3. The predicted molar refractivity (Wildman–Crippen MR) is 97.9 cm³/mol. The van der Waals surface area contributed by atoms with Gasteiger partial charge in [0.25, 0.3) is 0 Å². The first-order chi connectivity index (χ1) is 22.7. The van der Waals surface area contributed by atoms with Crippen molar-refractivity contribution in [3.05, 3.63) is 0 Å². The van der Waals surface area contributed by atoms with Crippen LogP contribution in [0.2, 0.25) is 0 Å². The molecule has 0 aliphatic rings. The summed E-state index contributed by atoms with van der Waals surface area (Å²) in [4.78, 5) is 0. The minimum Gasteiger partial charge on any atom is -0.394 e. The molecule has 0 rings (SSSR count). The van der Waals surface area contributed by atoms with E-state index in [9.17, 15) is 119 Å². The number of halogens is 27. The lowest BCUT2D eigenvalue weighted by Gasteiger charge is -2.37. The number of aliphatic hydroxyl groups excluding tert-OH is 2. The second-order valence-corrected chi connectivity index (χ2v) is 8.90. The minimum atomic E-state index is -8.28. The maximum Gasteiger partial charge on any atom is 0.483 e. The lowest BCUT2D eigenvalue weighted by molar-refractivity contribution is -0.595. The predicted octanol–water partition coefficient (Wildman–Crippen LogP) is 6.70. The number of alkyl halides is 27. The van der Waals surface area contributed by atoms with Gasteiger partial charge in [0.05, 0.1) is 19.3 Å². The van der Waals surface area contributed by atoms with Crippen LogP contribution in [0.1, 0.15) is 0 Å². The van der Waals surface area contributed by atoms with Crippen molar-refractivity contribution in [2.24, 2.45) is 0 Å². The van der Waals surface area contributed by atoms with Gasteiger partial charge in [-0.2, -0.15) is 119 Å². The quantitative estimate of drug-likeness (QED) is 0.103. The molecule has 0 heterocycles. The fourth-order valence-corrected chi connectivity index (χ4v) is 2.13. The summed E-state index contributed by atoms with van der Waals surface area (Å²) < 4.78 is 363. The second kappa shape index (κ2) is 15.0. The lowest BCUT2D eigenvalue weighted by Crippen LogP contribution is -2.62. The van der Waals surface area contributed by atoms with Crippen LogP contribution in [0.25, 0.3) is 0 Å². The van der Waals surface area contributed by atoms with Gasteiger partial charge in [-0.25, -0.2) is 28.4 Å². The van der Waals surface area contributed by atoms with E-state index in [2.05, 4.69) is 4.74 Å². The van der Waals surface area contributed by atoms with Crippen LogP contribution >= 0.6 is 0 Å². The van der Waals surface area contributed by atoms with Gasteiger partial charge in [0, 0.05) is 6.54 Å². The van der Waals surface area contributed by atoms with E-state index in [0.29, 0.717) is 0 Å². The molecular formula is C17H10F27NO8. The van der Waals surface area contributed by atoms with Crippen LogP contribution in [-0.4, -0.2) is 115 Å². The van der Waals surface area contributed by atoms with Gasteiger partial charge in [0.2, 0.25) is 0 Å². The Bertz CT molecular complexity index is 1210. The molecule has 0 bridgehead atoms. The maximum absolute atomic E-state index is 13.5. The maximum atomic E-state index is 13.5. The molecule has 0 aliphatic carbocycles. The standard InChI is InChI=1S/C17H10F27NO8/c18-5(19,3-45-1-4(47)2-46)48-8(25,26)9(27,28)50-12(33,34)13(35,36)52-16(41,42)17(43,44)53-15(39,40)14(37,38)51-11(31,32)10(29,30)49-7(23,24)6(20,21)22/h4,45-47H,1-3H2. The third kappa shape index (κ3) is 12.1. The third-order valence-corrected chi connectivity index (χ3v) is 4.50. The smallest absolute Gasteiger partial charge is 0.394 e. The molecule has 9 nitrogen and oxygen atoms in total. The zero-order chi connectivity index (χ0) is 43.1. The number of aliphatic hydroxyl groups is 2. The number of nitrogens with one attached hydrogen (secondary N) is 1. The average molecular weight is 869 g/mol. The summed E-state index contributed by atoms with van der Waals surface area (Å²) in [6, 6.07) is 0. The van der Waals surface area contributed by atoms with Gasteiger partial charge in [0.1, 0.15) is 0 Å². The van der Waals surface area contributed by atoms with Crippen molar-refractivity contribution in [2.45, 2.75) is 85.6 Å². The average Bonchev–Trinajstić information content (AvgIpc) is 2.83. The van der Waals surface area contributed by atoms with E-state index in [-0.39, 0.29) is 0 Å². The molecule has 0 aromatic rings. The Hall–Kier alpha value is -2.25. The highest BCUT2D eigenvalue weighted by Crippen LogP contribution is 2.54. The van der Waals surface area contributed by atoms with E-state index < -0.39 is 105 Å². The minimum absolute atomic E-state index is 1.10. The van der Waals surface area contributed by atoms with Crippen LogP contribution in [0.3, 0.4) is 0 Å². The summed E-state index contributed by atoms with van der Waals surface area (Å²) in [5.74, 6) is 0. The van der Waals surface area contributed by atoms with Crippen molar-refractivity contribution in [1.29, 1.82) is 0 Å². The Morgan fingerprint density at radius 1 is 0.358 bits per heavy atom. The molecule has 3 N–H and O–H groups in total. The van der Waals surface area contributed by atoms with Gasteiger partial charge in [0.15, 0.2) is 0 Å². The monoisotopic (exact) mass is 869 g/mol. The summed E-state index contributed by atoms with van der Waals surface area (Å²) in [5.41, 5.74) is 0. The molecule has 0 aliphatic heterocycles. The molecule has 0 spiro atoms. The molecule has 36 heteroatoms. The topological polar surface area (TPSA) is 108 Å². The van der Waals surface area contributed by atoms with E-state index in [0.717, 1.165) is 14.2 Å². The van der Waals surface area contributed by atoms with E-state index in [1.807, 2.05) is 0 Å². The van der Waals surface area contributed by atoms with Crippen molar-refractivity contribution in [3.63, 3.8) is 0 Å². The molecule has 0 fully saturated rings. The van der Waals surface area contributed by atoms with Gasteiger partial charge in [-0.15, -0.1) is 0 Å². The number of ether oxygens (including phenoxy) is 6. The molecule has 53 heavy (non-hydrogen) atoms. The first kappa shape index (κ1) is 50.8. The summed E-state index contributed by atoms with van der Waals surface area (Å²) in [6.07, 6.45) is -103. The fourth-order valence-electron chi connectivity index (χ4n) is 2.13. The van der Waals surface area contributed by atoms with Crippen LogP contribution in [0.5, 0.6) is 0 Å². The summed E-state index contributed by atoms with van der Waals surface area (Å²) in [6.45, 7) is -4.87. The Morgan fingerprint density at radius 2 is 0.566 bits per heavy atom. The molecule has 1 atom stereocenters. The van der Waals surface area contributed by atoms with Crippen LogP contribution in [0.15, 0.2) is 0 Å². The van der Waals surface area contributed by atoms with Gasteiger partial charge >= 0.3 is 79.5 Å². The first-order valence-electron chi connectivity index (χ1n) is 11.5. The SMILES string of the molecule is OCC(O)CNCC(F)(F)OC(F)(F)C(F)(F)OC(F)(F)C(F)(F)OC(F)(F)C(F)(F)OC(F)(F)C(F)(F)OC(F)(F)C(F)(F)OC(F)(F)C(F)(F)F. The van der Waals surface area contributed by atoms with Gasteiger partial charge < -0.3 is 15.5 Å². The van der Waals surface area contributed by atoms with E-state index in [4.69, 9.17) is 10.2 Å². The summed E-state index contributed by atoms with van der Waals surface area (Å²) in [5, 5.41) is 18.4. The Labute approximate surface area is 269 Å². The van der Waals surface area contributed by atoms with Crippen LogP contribution < -0.4 is 5.32 Å². The van der Waals surface area contributed by atoms with E-state index in [1.165, 1.54) is 14.8 Å². The van der Waals surface area contributed by atoms with E-state index >= 15 is 0 Å². The van der Waals surface area contributed by atoms with Gasteiger partial charge in [-0.05, 0) is 0 Å². The molecule has 0 aromatic heterocycles. The summed E-state index contributed by atoms with van der Waals surface area (Å²) in [7, 11) is 0. The molecule has 0 amide bonds. The van der Waals surface area contributed by atoms with Crippen LogP contribution in [0.4, 0.5) is 119 Å². The van der Waals surface area contributed by atoms with Gasteiger partial charge in [-0.1, -0.05) is 0 Å². The fraction of sp³-hybridized carbons (Fsp3) is 1.00. The number of hydrogen-bond acceptors (Lipinski definition) is 9. The van der Waals surface area contributed by atoms with Gasteiger partial charge in [-0.3, -0.25) is 0 Å². The van der Waals surface area contributed by atoms with Crippen LogP contribution in [-0.2, 0) is 28.4 Å². The molecule has 0 saturated heterocycles. The van der Waals surface area contributed by atoms with Crippen molar-refractivity contribution < 1.29 is 157 Å². The first-order valence-corrected chi connectivity index (χ1v) is 11.5. The largest absolute Gasteiger partial charge is 0.483 e. The molecule has 0 radical (unpaired) electrons. The highest BCUT2D eigenvalue weighted by Gasteiger charge is 2.80. The normalized spacial score (nSPS) is 16.7. The summed E-state index contributed by atoms with van der Waals surface area (Å²) >= 11 is 0. The third-order valence-electron chi connectivity index (χ3n) is 4.50. The molecule has 1 unspecified atom stereocenters. The number of rotatable bonds is 22. The molecular weight excluding hydrogens is 859 g/mol. The zero-order valence-corrected chi connectivity index (χ0v) is 23.2. The highest BCUT2D eigenvalue weighted by molar-refractivity contribution is 4.82. The van der Waals surface area contributed by atoms with Crippen molar-refractivity contribution in [3.8, 4) is 0 Å². The van der Waals surface area contributed by atoms with Crippen LogP contribution in [0, 0.1) is 0 Å². The van der Waals surface area contributed by atoms with Crippen molar-refractivity contribution in [2.75, 3.05) is 19.7 Å². The zero-order valence-electron chi connectivity index (χ0n) is 23.2. The van der Waals surface area contributed by atoms with Crippen molar-refractivity contribution in [1.82, 2.24) is 5.32 Å². The molecule has 320 valence electrons. The molecule has 0 aromatic carbocycles. The Balaban J connectivity index is 6.19. The Kier molecular flexibility index (Phi) is 14.4. The molecule has 0 saturated carbocycles.